The Kier molecular flexibility index (Phi) is 3.82. The lowest BCUT2D eigenvalue weighted by atomic mass is 10.1. The topological polar surface area (TPSA) is 51.5 Å². The predicted molar refractivity (Wildman–Crippen MR) is 94.2 cm³/mol. The Labute approximate surface area is 142 Å². The number of furan rings is 1. The van der Waals surface area contributed by atoms with Gasteiger partial charge in [-0.3, -0.25) is 4.79 Å². The van der Waals surface area contributed by atoms with Gasteiger partial charge in [0.05, 0.1) is 0 Å². The number of halogens is 1. The van der Waals surface area contributed by atoms with E-state index in [1.165, 1.54) is 18.2 Å². The molecule has 0 fully saturated rings. The van der Waals surface area contributed by atoms with Crippen LogP contribution in [-0.4, -0.2) is 12.5 Å². The summed E-state index contributed by atoms with van der Waals surface area (Å²) in [6.45, 7) is -0.169. The van der Waals surface area contributed by atoms with Crippen molar-refractivity contribution in [3.8, 4) is 5.75 Å². The molecule has 4 rings (SSSR count). The second-order valence-electron chi connectivity index (χ2n) is 5.60. The second-order valence-corrected chi connectivity index (χ2v) is 5.60. The summed E-state index contributed by atoms with van der Waals surface area (Å²) in [4.78, 5) is 11.9. The molecule has 1 amide bonds. The molecule has 0 saturated heterocycles. The van der Waals surface area contributed by atoms with Crippen molar-refractivity contribution in [3.63, 3.8) is 0 Å². The lowest BCUT2D eigenvalue weighted by Gasteiger charge is -2.07. The molecule has 5 heteroatoms. The van der Waals surface area contributed by atoms with E-state index in [0.717, 1.165) is 21.9 Å². The highest BCUT2D eigenvalue weighted by Crippen LogP contribution is 2.31. The summed E-state index contributed by atoms with van der Waals surface area (Å²) < 4.78 is 24.4. The van der Waals surface area contributed by atoms with Crippen molar-refractivity contribution >= 4 is 33.5 Å². The van der Waals surface area contributed by atoms with Gasteiger partial charge in [-0.2, -0.15) is 0 Å². The van der Waals surface area contributed by atoms with Crippen LogP contribution in [0.5, 0.6) is 5.75 Å². The zero-order valence-electron chi connectivity index (χ0n) is 13.2. The van der Waals surface area contributed by atoms with Gasteiger partial charge >= 0.3 is 0 Å². The first-order chi connectivity index (χ1) is 12.2. The first-order valence-corrected chi connectivity index (χ1v) is 7.78. The summed E-state index contributed by atoms with van der Waals surface area (Å²) in [5.41, 5.74) is 1.96. The molecule has 124 valence electrons. The van der Waals surface area contributed by atoms with E-state index in [1.54, 1.807) is 12.1 Å². The summed E-state index contributed by atoms with van der Waals surface area (Å²) in [6, 6.07) is 18.9. The van der Waals surface area contributed by atoms with E-state index >= 15 is 0 Å². The molecule has 0 unspecified atom stereocenters. The van der Waals surface area contributed by atoms with Crippen LogP contribution >= 0.6 is 0 Å². The maximum Gasteiger partial charge on any atom is 0.262 e. The van der Waals surface area contributed by atoms with E-state index in [-0.39, 0.29) is 12.5 Å². The van der Waals surface area contributed by atoms with Crippen LogP contribution < -0.4 is 10.1 Å². The molecule has 4 nitrogen and oxygen atoms in total. The van der Waals surface area contributed by atoms with Gasteiger partial charge in [0.2, 0.25) is 0 Å². The fourth-order valence-electron chi connectivity index (χ4n) is 2.71. The maximum absolute atomic E-state index is 13.1. The molecule has 0 aliphatic carbocycles. The van der Waals surface area contributed by atoms with Crippen LogP contribution in [0.2, 0.25) is 0 Å². The third-order valence-electron chi connectivity index (χ3n) is 3.83. The lowest BCUT2D eigenvalue weighted by Crippen LogP contribution is -2.20. The van der Waals surface area contributed by atoms with Gasteiger partial charge < -0.3 is 14.5 Å². The fraction of sp³-hybridized carbons (Fsp3) is 0.0500. The Morgan fingerprint density at radius 2 is 1.80 bits per heavy atom. The lowest BCUT2D eigenvalue weighted by molar-refractivity contribution is -0.118. The SMILES string of the molecule is O=C(COc1ccc2oc3ccccc3c2c1)Nc1cccc(F)c1. The normalized spacial score (nSPS) is 10.9. The monoisotopic (exact) mass is 335 g/mol. The number of amides is 1. The van der Waals surface area contributed by atoms with Crippen LogP contribution in [0.15, 0.2) is 71.1 Å². The predicted octanol–water partition coefficient (Wildman–Crippen LogP) is 4.74. The van der Waals surface area contributed by atoms with Gasteiger partial charge in [-0.15, -0.1) is 0 Å². The van der Waals surface area contributed by atoms with Crippen molar-refractivity contribution in [3.05, 3.63) is 72.5 Å². The highest BCUT2D eigenvalue weighted by Gasteiger charge is 2.09. The molecule has 0 saturated carbocycles. The number of rotatable bonds is 4. The minimum absolute atomic E-state index is 0.169. The molecule has 0 atom stereocenters. The van der Waals surface area contributed by atoms with E-state index in [2.05, 4.69) is 5.32 Å². The molecule has 1 aromatic heterocycles. The van der Waals surface area contributed by atoms with Crippen molar-refractivity contribution in [1.29, 1.82) is 0 Å². The summed E-state index contributed by atoms with van der Waals surface area (Å²) in [5, 5.41) is 4.51. The highest BCUT2D eigenvalue weighted by atomic mass is 19.1. The Balaban J connectivity index is 1.49. The van der Waals surface area contributed by atoms with Crippen LogP contribution in [0.3, 0.4) is 0 Å². The number of ether oxygens (including phenoxy) is 1. The number of hydrogen-bond acceptors (Lipinski definition) is 3. The molecular formula is C20H14FNO3. The Morgan fingerprint density at radius 1 is 0.960 bits per heavy atom. The van der Waals surface area contributed by atoms with Crippen molar-refractivity contribution < 1.29 is 18.3 Å². The Bertz CT molecular complexity index is 1070. The summed E-state index contributed by atoms with van der Waals surface area (Å²) in [7, 11) is 0. The van der Waals surface area contributed by atoms with Gasteiger partial charge in [0.15, 0.2) is 6.61 Å². The van der Waals surface area contributed by atoms with Crippen molar-refractivity contribution in [2.75, 3.05) is 11.9 Å². The number of nitrogens with one attached hydrogen (secondary N) is 1. The zero-order chi connectivity index (χ0) is 17.2. The average Bonchev–Trinajstić information content (AvgIpc) is 2.98. The highest BCUT2D eigenvalue weighted by molar-refractivity contribution is 6.05. The number of hydrogen-bond donors (Lipinski definition) is 1. The standard InChI is InChI=1S/C20H14FNO3/c21-13-4-3-5-14(10-13)22-20(23)12-24-15-8-9-19-17(11-15)16-6-1-2-7-18(16)25-19/h1-11H,12H2,(H,22,23). The zero-order valence-corrected chi connectivity index (χ0v) is 13.2. The van der Waals surface area contributed by atoms with Gasteiger partial charge in [-0.05, 0) is 42.5 Å². The van der Waals surface area contributed by atoms with E-state index in [4.69, 9.17) is 9.15 Å². The molecule has 0 radical (unpaired) electrons. The van der Waals surface area contributed by atoms with Crippen LogP contribution in [0, 0.1) is 5.82 Å². The molecular weight excluding hydrogens is 321 g/mol. The Hall–Kier alpha value is -3.34. The third-order valence-corrected chi connectivity index (χ3v) is 3.83. The molecule has 1 N–H and O–H groups in total. The molecule has 1 heterocycles. The van der Waals surface area contributed by atoms with Gasteiger partial charge in [0, 0.05) is 16.5 Å². The van der Waals surface area contributed by atoms with Gasteiger partial charge in [0.25, 0.3) is 5.91 Å². The van der Waals surface area contributed by atoms with Crippen LogP contribution in [0.4, 0.5) is 10.1 Å². The number of para-hydroxylation sites is 1. The first-order valence-electron chi connectivity index (χ1n) is 7.78. The minimum Gasteiger partial charge on any atom is -0.484 e. The van der Waals surface area contributed by atoms with Crippen LogP contribution in [-0.2, 0) is 4.79 Å². The quantitative estimate of drug-likeness (QED) is 0.586. The molecule has 0 aliphatic rings. The van der Waals surface area contributed by atoms with E-state index in [0.29, 0.717) is 11.4 Å². The van der Waals surface area contributed by atoms with Gasteiger partial charge in [-0.25, -0.2) is 4.39 Å². The van der Waals surface area contributed by atoms with Crippen LogP contribution in [0.25, 0.3) is 21.9 Å². The molecule has 0 aliphatic heterocycles. The minimum atomic E-state index is -0.406. The molecule has 25 heavy (non-hydrogen) atoms. The maximum atomic E-state index is 13.1. The Morgan fingerprint density at radius 3 is 2.68 bits per heavy atom. The number of carbonyl (C=O) groups is 1. The number of anilines is 1. The molecule has 3 aromatic carbocycles. The summed E-state index contributed by atoms with van der Waals surface area (Å²) in [5.74, 6) is -0.202. The third kappa shape index (κ3) is 3.17. The smallest absolute Gasteiger partial charge is 0.262 e. The fourth-order valence-corrected chi connectivity index (χ4v) is 2.71. The first kappa shape index (κ1) is 15.2. The van der Waals surface area contributed by atoms with Gasteiger partial charge in [0.1, 0.15) is 22.7 Å². The number of benzene rings is 3. The largest absolute Gasteiger partial charge is 0.484 e. The molecule has 0 bridgehead atoms. The van der Waals surface area contributed by atoms with Crippen molar-refractivity contribution in [1.82, 2.24) is 0 Å². The van der Waals surface area contributed by atoms with E-state index < -0.39 is 5.82 Å². The van der Waals surface area contributed by atoms with Crippen LogP contribution in [0.1, 0.15) is 0 Å². The van der Waals surface area contributed by atoms with Crippen molar-refractivity contribution in [2.45, 2.75) is 0 Å². The molecule has 4 aromatic rings. The molecule has 0 spiro atoms. The van der Waals surface area contributed by atoms with E-state index in [1.807, 2.05) is 36.4 Å². The number of carbonyl (C=O) groups excluding carboxylic acids is 1. The average molecular weight is 335 g/mol. The summed E-state index contributed by atoms with van der Waals surface area (Å²) >= 11 is 0. The second kappa shape index (κ2) is 6.28. The number of fused-ring (bicyclic) bond motifs is 3. The van der Waals surface area contributed by atoms with Gasteiger partial charge in [-0.1, -0.05) is 24.3 Å². The van der Waals surface area contributed by atoms with E-state index in [9.17, 15) is 9.18 Å². The summed E-state index contributed by atoms with van der Waals surface area (Å²) in [6.07, 6.45) is 0. The van der Waals surface area contributed by atoms with Crippen molar-refractivity contribution in [2.24, 2.45) is 0 Å².